The van der Waals surface area contributed by atoms with Gasteiger partial charge < -0.3 is 14.6 Å². The van der Waals surface area contributed by atoms with E-state index in [1.54, 1.807) is 19.1 Å². The van der Waals surface area contributed by atoms with E-state index in [2.05, 4.69) is 4.98 Å². The number of hydrogen-bond acceptors (Lipinski definition) is 5. The number of aldehydes is 1. The van der Waals surface area contributed by atoms with Crippen LogP contribution in [-0.2, 0) is 11.2 Å². The zero-order chi connectivity index (χ0) is 25.4. The molecule has 1 aromatic heterocycles. The van der Waals surface area contributed by atoms with Crippen molar-refractivity contribution in [3.8, 4) is 22.8 Å². The number of pyridine rings is 1. The van der Waals surface area contributed by atoms with Crippen LogP contribution in [0.1, 0.15) is 65.3 Å². The van der Waals surface area contributed by atoms with Gasteiger partial charge in [0.15, 0.2) is 6.29 Å². The molecule has 186 valence electrons. The van der Waals surface area contributed by atoms with Gasteiger partial charge in [0.1, 0.15) is 17.7 Å². The highest BCUT2D eigenvalue weighted by Gasteiger charge is 2.39. The van der Waals surface area contributed by atoms with Crippen LogP contribution < -0.4 is 9.47 Å². The first-order valence-electron chi connectivity index (χ1n) is 12.2. The number of aliphatic carboxylic acids is 1. The van der Waals surface area contributed by atoms with Crippen LogP contribution in [0.15, 0.2) is 48.7 Å². The molecular weight excluding hydrogens is 461 g/mol. The van der Waals surface area contributed by atoms with Crippen molar-refractivity contribution in [2.75, 3.05) is 7.11 Å². The summed E-state index contributed by atoms with van der Waals surface area (Å²) in [6, 6.07) is 12.9. The third kappa shape index (κ3) is 4.57. The minimum Gasteiger partial charge on any atom is -0.485 e. The number of fused-ring (bicyclic) bond motifs is 1. The van der Waals surface area contributed by atoms with Crippen LogP contribution >= 0.6 is 0 Å². The first kappa shape index (κ1) is 24.0. The molecule has 6 nitrogen and oxygen atoms in total. The number of aromatic nitrogens is 1. The third-order valence-electron chi connectivity index (χ3n) is 7.38. The minimum atomic E-state index is -0.784. The second kappa shape index (κ2) is 9.72. The van der Waals surface area contributed by atoms with Crippen molar-refractivity contribution in [1.82, 2.24) is 4.98 Å². The van der Waals surface area contributed by atoms with Gasteiger partial charge in [0.05, 0.1) is 19.2 Å². The highest BCUT2D eigenvalue weighted by atomic mass is 19.1. The van der Waals surface area contributed by atoms with Crippen molar-refractivity contribution in [1.29, 1.82) is 0 Å². The number of carboxylic acids is 1. The molecule has 3 aromatic rings. The van der Waals surface area contributed by atoms with E-state index in [-0.39, 0.29) is 23.5 Å². The number of methoxy groups -OCH3 is 1. The molecule has 0 bridgehead atoms. The molecule has 0 radical (unpaired) electrons. The molecule has 5 rings (SSSR count). The van der Waals surface area contributed by atoms with Gasteiger partial charge in [-0.2, -0.15) is 0 Å². The fourth-order valence-electron chi connectivity index (χ4n) is 5.27. The maximum Gasteiger partial charge on any atom is 0.306 e. The Hall–Kier alpha value is -3.74. The quantitative estimate of drug-likeness (QED) is 0.391. The highest BCUT2D eigenvalue weighted by Crippen LogP contribution is 2.48. The van der Waals surface area contributed by atoms with Crippen LogP contribution in [-0.4, -0.2) is 29.5 Å². The van der Waals surface area contributed by atoms with E-state index >= 15 is 0 Å². The Kier molecular flexibility index (Phi) is 6.48. The van der Waals surface area contributed by atoms with Gasteiger partial charge in [-0.15, -0.1) is 0 Å². The molecule has 3 atom stereocenters. The van der Waals surface area contributed by atoms with Gasteiger partial charge in [-0.1, -0.05) is 31.2 Å². The van der Waals surface area contributed by atoms with E-state index in [0.29, 0.717) is 23.3 Å². The molecule has 1 N–H and O–H groups in total. The summed E-state index contributed by atoms with van der Waals surface area (Å²) in [4.78, 5) is 27.5. The zero-order valence-electron chi connectivity index (χ0n) is 20.2. The summed E-state index contributed by atoms with van der Waals surface area (Å²) in [7, 11) is 1.45. The van der Waals surface area contributed by atoms with E-state index in [0.717, 1.165) is 54.3 Å². The Morgan fingerprint density at radius 3 is 2.67 bits per heavy atom. The number of nitrogens with zero attached hydrogens (tertiary/aromatic N) is 1. The number of carbonyl (C=O) groups excluding carboxylic acids is 1. The lowest BCUT2D eigenvalue weighted by Gasteiger charge is -2.29. The van der Waals surface area contributed by atoms with Crippen molar-refractivity contribution in [3.05, 3.63) is 76.7 Å². The number of halogens is 1. The molecule has 0 spiro atoms. The third-order valence-corrected chi connectivity index (χ3v) is 7.38. The number of carbonyl (C=O) groups is 2. The molecule has 1 fully saturated rings. The van der Waals surface area contributed by atoms with Crippen LogP contribution in [0.25, 0.3) is 11.1 Å². The number of benzene rings is 2. The van der Waals surface area contributed by atoms with Crippen molar-refractivity contribution in [3.63, 3.8) is 0 Å². The van der Waals surface area contributed by atoms with Gasteiger partial charge >= 0.3 is 5.97 Å². The van der Waals surface area contributed by atoms with Gasteiger partial charge in [0.25, 0.3) is 0 Å². The summed E-state index contributed by atoms with van der Waals surface area (Å²) < 4.78 is 26.0. The maximum atomic E-state index is 14.5. The minimum absolute atomic E-state index is 0.0371. The molecule has 7 heteroatoms. The van der Waals surface area contributed by atoms with Crippen LogP contribution in [0.4, 0.5) is 4.39 Å². The Morgan fingerprint density at radius 2 is 1.97 bits per heavy atom. The summed E-state index contributed by atoms with van der Waals surface area (Å²) in [6.07, 6.45) is 5.16. The largest absolute Gasteiger partial charge is 0.485 e. The van der Waals surface area contributed by atoms with Crippen LogP contribution in [0.5, 0.6) is 11.6 Å². The van der Waals surface area contributed by atoms with Gasteiger partial charge in [0, 0.05) is 17.2 Å². The number of rotatable bonds is 8. The summed E-state index contributed by atoms with van der Waals surface area (Å²) in [5.41, 5.74) is 3.97. The van der Waals surface area contributed by atoms with Gasteiger partial charge in [-0.3, -0.25) is 9.59 Å². The molecule has 0 unspecified atom stereocenters. The number of aryl methyl sites for hydroxylation is 1. The topological polar surface area (TPSA) is 85.7 Å². The van der Waals surface area contributed by atoms with E-state index < -0.39 is 17.7 Å². The highest BCUT2D eigenvalue weighted by molar-refractivity contribution is 5.88. The summed E-state index contributed by atoms with van der Waals surface area (Å²) in [5, 5.41) is 9.63. The molecule has 36 heavy (non-hydrogen) atoms. The Morgan fingerprint density at radius 1 is 1.17 bits per heavy atom. The second-order valence-corrected chi connectivity index (χ2v) is 9.67. The Balaban J connectivity index is 1.44. The average Bonchev–Trinajstić information content (AvgIpc) is 3.73. The molecule has 0 saturated heterocycles. The molecule has 1 aliphatic carbocycles. The fourth-order valence-corrected chi connectivity index (χ4v) is 5.27. The maximum absolute atomic E-state index is 14.5. The molecule has 1 saturated carbocycles. The number of carboxylic acid groups (broad SMARTS) is 1. The van der Waals surface area contributed by atoms with E-state index in [1.165, 1.54) is 13.2 Å². The average molecular weight is 490 g/mol. The predicted octanol–water partition coefficient (Wildman–Crippen LogP) is 5.99. The first-order chi connectivity index (χ1) is 17.4. The van der Waals surface area contributed by atoms with Crippen molar-refractivity contribution >= 4 is 12.3 Å². The lowest BCUT2D eigenvalue weighted by atomic mass is 9.82. The smallest absolute Gasteiger partial charge is 0.306 e. The van der Waals surface area contributed by atoms with E-state index in [9.17, 15) is 19.1 Å². The second-order valence-electron chi connectivity index (χ2n) is 9.67. The normalized spacial score (nSPS) is 18.5. The SMILES string of the molecule is COc1cc(-c2ccc([C@H]3CCc4ccc([C@H](C5CC5)[C@H](C)C(=O)O)cc4O3)cc2C=O)c(F)cn1. The van der Waals surface area contributed by atoms with Crippen LogP contribution in [0.3, 0.4) is 0 Å². The Labute approximate surface area is 209 Å². The van der Waals surface area contributed by atoms with Crippen molar-refractivity contribution < 1.29 is 28.6 Å². The number of ether oxygens (including phenoxy) is 2. The van der Waals surface area contributed by atoms with Gasteiger partial charge in [-0.25, -0.2) is 9.37 Å². The molecule has 2 aliphatic rings. The van der Waals surface area contributed by atoms with Crippen LogP contribution in [0, 0.1) is 17.7 Å². The monoisotopic (exact) mass is 489 g/mol. The zero-order valence-corrected chi connectivity index (χ0v) is 20.2. The van der Waals surface area contributed by atoms with Crippen molar-refractivity contribution in [2.45, 2.75) is 44.6 Å². The lowest BCUT2D eigenvalue weighted by molar-refractivity contribution is -0.142. The fraction of sp³-hybridized carbons (Fsp3) is 0.345. The molecule has 2 aromatic carbocycles. The predicted molar refractivity (Wildman–Crippen MR) is 132 cm³/mol. The van der Waals surface area contributed by atoms with Gasteiger partial charge in [-0.05, 0) is 71.9 Å². The van der Waals surface area contributed by atoms with E-state index in [1.807, 2.05) is 24.3 Å². The summed E-state index contributed by atoms with van der Waals surface area (Å²) >= 11 is 0. The molecule has 1 aliphatic heterocycles. The standard InChI is InChI=1S/C29H28FNO5/c1-16(29(33)34)28(18-4-5-18)20-6-3-17-8-10-25(36-26(17)12-20)19-7-9-22(21(11-19)15-32)23-13-27(35-2)31-14-24(23)30/h3,6-7,9,11-16,18,25,28H,4-5,8,10H2,1-2H3,(H,33,34)/t16-,25+,28-/m0/s1. The van der Waals surface area contributed by atoms with E-state index in [4.69, 9.17) is 9.47 Å². The summed E-state index contributed by atoms with van der Waals surface area (Å²) in [5.74, 6) is -0.417. The van der Waals surface area contributed by atoms with Crippen molar-refractivity contribution in [2.24, 2.45) is 11.8 Å². The Bertz CT molecular complexity index is 1320. The number of hydrogen-bond donors (Lipinski definition) is 1. The van der Waals surface area contributed by atoms with Crippen LogP contribution in [0.2, 0.25) is 0 Å². The molecule has 0 amide bonds. The molecule has 2 heterocycles. The summed E-state index contributed by atoms with van der Waals surface area (Å²) in [6.45, 7) is 1.78. The lowest BCUT2D eigenvalue weighted by Crippen LogP contribution is -2.21. The first-order valence-corrected chi connectivity index (χ1v) is 12.2. The van der Waals surface area contributed by atoms with Gasteiger partial charge in [0.2, 0.25) is 5.88 Å². The molecular formula is C29H28FNO5.